The number of carboxylic acids is 1. The van der Waals surface area contributed by atoms with Gasteiger partial charge in [0.05, 0.1) is 0 Å². The predicted molar refractivity (Wildman–Crippen MR) is 74.9 cm³/mol. The van der Waals surface area contributed by atoms with Gasteiger partial charge in [-0.05, 0) is 24.1 Å². The molecule has 1 aromatic carbocycles. The molecule has 2 atom stereocenters. The van der Waals surface area contributed by atoms with E-state index in [9.17, 15) is 15.0 Å². The van der Waals surface area contributed by atoms with Gasteiger partial charge in [-0.2, -0.15) is 0 Å². The number of carboxylic acid groups (broad SMARTS) is 1. The third-order valence-electron chi connectivity index (χ3n) is 3.01. The number of rotatable bonds is 6. The van der Waals surface area contributed by atoms with Gasteiger partial charge in [0.2, 0.25) is 0 Å². The van der Waals surface area contributed by atoms with E-state index >= 15 is 0 Å². The number of carbonyl (C=O) groups is 1. The van der Waals surface area contributed by atoms with Crippen molar-refractivity contribution in [2.24, 2.45) is 5.73 Å². The minimum absolute atomic E-state index is 0. The van der Waals surface area contributed by atoms with E-state index in [1.807, 2.05) is 6.92 Å². The summed E-state index contributed by atoms with van der Waals surface area (Å²) in [5.41, 5.74) is 6.31. The summed E-state index contributed by atoms with van der Waals surface area (Å²) in [5, 5.41) is 27.7. The molecule has 0 aliphatic rings. The highest BCUT2D eigenvalue weighted by Gasteiger charge is 2.25. The van der Waals surface area contributed by atoms with Crippen LogP contribution in [-0.4, -0.2) is 27.3 Å². The summed E-state index contributed by atoms with van der Waals surface area (Å²) in [7, 11) is 0. The fourth-order valence-electron chi connectivity index (χ4n) is 1.92. The number of halogens is 1. The van der Waals surface area contributed by atoms with Crippen LogP contribution in [0.4, 0.5) is 0 Å². The zero-order valence-corrected chi connectivity index (χ0v) is 11.6. The summed E-state index contributed by atoms with van der Waals surface area (Å²) >= 11 is 0. The second-order valence-corrected chi connectivity index (χ2v) is 4.36. The minimum atomic E-state index is -1.07. The van der Waals surface area contributed by atoms with Crippen LogP contribution >= 0.6 is 12.4 Å². The molecule has 0 spiro atoms. The van der Waals surface area contributed by atoms with Crippen LogP contribution in [0.3, 0.4) is 0 Å². The van der Waals surface area contributed by atoms with Crippen molar-refractivity contribution in [3.8, 4) is 11.5 Å². The van der Waals surface area contributed by atoms with Crippen molar-refractivity contribution in [1.82, 2.24) is 0 Å². The molecule has 0 aromatic heterocycles. The van der Waals surface area contributed by atoms with Gasteiger partial charge in [-0.1, -0.05) is 25.8 Å². The molecule has 0 aliphatic heterocycles. The Morgan fingerprint density at radius 2 is 1.95 bits per heavy atom. The predicted octanol–water partition coefficient (Wildman–Crippen LogP) is 2.21. The summed E-state index contributed by atoms with van der Waals surface area (Å²) < 4.78 is 0. The van der Waals surface area contributed by atoms with Crippen molar-refractivity contribution in [2.75, 3.05) is 0 Å². The number of unbranched alkanes of at least 4 members (excludes halogenated alkanes) is 1. The molecule has 0 radical (unpaired) electrons. The van der Waals surface area contributed by atoms with Gasteiger partial charge in [0.25, 0.3) is 0 Å². The third-order valence-corrected chi connectivity index (χ3v) is 3.01. The topological polar surface area (TPSA) is 104 Å². The lowest BCUT2D eigenvalue weighted by atomic mass is 9.87. The molecular formula is C13H20ClNO4. The van der Waals surface area contributed by atoms with Crippen LogP contribution in [0.2, 0.25) is 0 Å². The standard InChI is InChI=1S/C13H19NO4.ClH/c1-2-3-4-9(12(14)13(17)18)8-5-6-10(15)11(16)7-8;/h5-7,9,12,15-16H,2-4,14H2,1H3,(H,17,18);1H. The van der Waals surface area contributed by atoms with Crippen LogP contribution in [0.25, 0.3) is 0 Å². The molecule has 5 N–H and O–H groups in total. The lowest BCUT2D eigenvalue weighted by Crippen LogP contribution is -2.36. The van der Waals surface area contributed by atoms with Crippen LogP contribution < -0.4 is 5.73 Å². The second kappa shape index (κ2) is 7.86. The Balaban J connectivity index is 0.00000324. The van der Waals surface area contributed by atoms with E-state index in [1.54, 1.807) is 6.07 Å². The summed E-state index contributed by atoms with van der Waals surface area (Å²) in [6.07, 6.45) is 2.42. The van der Waals surface area contributed by atoms with Gasteiger partial charge < -0.3 is 21.1 Å². The molecule has 5 nitrogen and oxygen atoms in total. The molecule has 2 unspecified atom stereocenters. The van der Waals surface area contributed by atoms with E-state index in [1.165, 1.54) is 12.1 Å². The number of aromatic hydroxyl groups is 2. The zero-order valence-electron chi connectivity index (χ0n) is 10.7. The van der Waals surface area contributed by atoms with E-state index in [-0.39, 0.29) is 29.8 Å². The number of phenolic OH excluding ortho intramolecular Hbond substituents is 2. The van der Waals surface area contributed by atoms with E-state index in [0.717, 1.165) is 12.8 Å². The molecular weight excluding hydrogens is 270 g/mol. The Kier molecular flexibility index (Phi) is 7.26. The average Bonchev–Trinajstić information content (AvgIpc) is 2.33. The lowest BCUT2D eigenvalue weighted by Gasteiger charge is -2.21. The van der Waals surface area contributed by atoms with E-state index in [2.05, 4.69) is 0 Å². The van der Waals surface area contributed by atoms with Crippen LogP contribution in [0.5, 0.6) is 11.5 Å². The SMILES string of the molecule is CCCCC(c1ccc(O)c(O)c1)C(N)C(=O)O.Cl. The van der Waals surface area contributed by atoms with Gasteiger partial charge in [0.1, 0.15) is 6.04 Å². The summed E-state index contributed by atoms with van der Waals surface area (Å²) in [5.74, 6) is -1.92. The smallest absolute Gasteiger partial charge is 0.321 e. The first-order chi connectivity index (χ1) is 8.47. The van der Waals surface area contributed by atoms with E-state index in [4.69, 9.17) is 10.8 Å². The molecule has 108 valence electrons. The van der Waals surface area contributed by atoms with Crippen LogP contribution in [0.15, 0.2) is 18.2 Å². The Hall–Kier alpha value is -1.46. The molecule has 0 saturated carbocycles. The van der Waals surface area contributed by atoms with Gasteiger partial charge in [0, 0.05) is 5.92 Å². The molecule has 1 rings (SSSR count). The quantitative estimate of drug-likeness (QED) is 0.601. The molecule has 0 heterocycles. The molecule has 0 amide bonds. The fourth-order valence-corrected chi connectivity index (χ4v) is 1.92. The molecule has 0 bridgehead atoms. The van der Waals surface area contributed by atoms with E-state index in [0.29, 0.717) is 12.0 Å². The molecule has 0 saturated heterocycles. The molecule has 1 aromatic rings. The number of hydrogen-bond acceptors (Lipinski definition) is 4. The highest BCUT2D eigenvalue weighted by molar-refractivity contribution is 5.85. The van der Waals surface area contributed by atoms with E-state index < -0.39 is 12.0 Å². The number of aliphatic carboxylic acids is 1. The van der Waals surface area contributed by atoms with Gasteiger partial charge in [0.15, 0.2) is 11.5 Å². The normalized spacial score (nSPS) is 13.4. The average molecular weight is 290 g/mol. The van der Waals surface area contributed by atoms with Gasteiger partial charge in [-0.3, -0.25) is 4.79 Å². The van der Waals surface area contributed by atoms with Crippen molar-refractivity contribution in [3.63, 3.8) is 0 Å². The van der Waals surface area contributed by atoms with Crippen LogP contribution in [0, 0.1) is 0 Å². The maximum Gasteiger partial charge on any atom is 0.321 e. The zero-order chi connectivity index (χ0) is 13.7. The molecule has 19 heavy (non-hydrogen) atoms. The van der Waals surface area contributed by atoms with Crippen molar-refractivity contribution < 1.29 is 20.1 Å². The Bertz CT molecular complexity index is 425. The van der Waals surface area contributed by atoms with Crippen molar-refractivity contribution >= 4 is 18.4 Å². The minimum Gasteiger partial charge on any atom is -0.504 e. The van der Waals surface area contributed by atoms with Crippen LogP contribution in [0.1, 0.15) is 37.7 Å². The monoisotopic (exact) mass is 289 g/mol. The Morgan fingerprint density at radius 3 is 2.42 bits per heavy atom. The first-order valence-electron chi connectivity index (χ1n) is 5.97. The molecule has 0 fully saturated rings. The fraction of sp³-hybridized carbons (Fsp3) is 0.462. The Morgan fingerprint density at radius 1 is 1.32 bits per heavy atom. The summed E-state index contributed by atoms with van der Waals surface area (Å²) in [6.45, 7) is 2.01. The number of nitrogens with two attached hydrogens (primary N) is 1. The Labute approximate surface area is 118 Å². The highest BCUT2D eigenvalue weighted by atomic mass is 35.5. The third kappa shape index (κ3) is 4.61. The van der Waals surface area contributed by atoms with Crippen LogP contribution in [-0.2, 0) is 4.79 Å². The van der Waals surface area contributed by atoms with Crippen molar-refractivity contribution in [3.05, 3.63) is 23.8 Å². The number of benzene rings is 1. The lowest BCUT2D eigenvalue weighted by molar-refractivity contribution is -0.139. The van der Waals surface area contributed by atoms with Crippen molar-refractivity contribution in [2.45, 2.75) is 38.1 Å². The first-order valence-corrected chi connectivity index (χ1v) is 5.97. The first kappa shape index (κ1) is 17.5. The maximum absolute atomic E-state index is 11.0. The largest absolute Gasteiger partial charge is 0.504 e. The van der Waals surface area contributed by atoms with Crippen molar-refractivity contribution in [1.29, 1.82) is 0 Å². The highest BCUT2D eigenvalue weighted by Crippen LogP contribution is 2.32. The molecule has 0 aliphatic carbocycles. The maximum atomic E-state index is 11.0. The number of phenols is 2. The van der Waals surface area contributed by atoms with Gasteiger partial charge >= 0.3 is 5.97 Å². The number of hydrogen-bond donors (Lipinski definition) is 4. The summed E-state index contributed by atoms with van der Waals surface area (Å²) in [4.78, 5) is 11.0. The second-order valence-electron chi connectivity index (χ2n) is 4.36. The van der Waals surface area contributed by atoms with Gasteiger partial charge in [-0.25, -0.2) is 0 Å². The van der Waals surface area contributed by atoms with Gasteiger partial charge in [-0.15, -0.1) is 12.4 Å². The summed E-state index contributed by atoms with van der Waals surface area (Å²) in [6, 6.07) is 3.30. The molecule has 6 heteroatoms.